The van der Waals surface area contributed by atoms with E-state index in [0.717, 1.165) is 77.3 Å². The van der Waals surface area contributed by atoms with Crippen LogP contribution in [0.25, 0.3) is 106 Å². The average Bonchev–Trinajstić information content (AvgIpc) is 1.57. The molecule has 13 aromatic carbocycles. The number of benzene rings is 13. The SMILES string of the molecule is C=Cc1ccc(-c2ccc3cc(OCCCCCCC4(c5ccccc5)c5ccccc5-c5ccc(N(c6ccc(-c7ccccc7)cc6)c6ccc(-c7ccc8c(c7)c7cc(-c9ccc(C=C)cc9)ccc7n8-c7ccccc7)cc6)cc54)ccc3c2)cc1. The first kappa shape index (κ1) is 55.6. The second-order valence-corrected chi connectivity index (χ2v) is 23.9. The van der Waals surface area contributed by atoms with E-state index in [1.165, 1.54) is 99.3 Å². The maximum absolute atomic E-state index is 6.43. The first-order chi connectivity index (χ1) is 44.5. The first-order valence-corrected chi connectivity index (χ1v) is 31.6. The van der Waals surface area contributed by atoms with Crippen molar-refractivity contribution in [3.05, 3.63) is 344 Å². The summed E-state index contributed by atoms with van der Waals surface area (Å²) in [5.41, 5.74) is 24.9. The maximum atomic E-state index is 6.43. The first-order valence-electron chi connectivity index (χ1n) is 31.6. The summed E-state index contributed by atoms with van der Waals surface area (Å²) in [6, 6.07) is 112. The minimum atomic E-state index is -0.356. The van der Waals surface area contributed by atoms with E-state index in [1.807, 2.05) is 12.2 Å². The van der Waals surface area contributed by atoms with E-state index in [2.05, 4.69) is 326 Å². The molecule has 1 aliphatic carbocycles. The topological polar surface area (TPSA) is 17.4 Å². The van der Waals surface area contributed by atoms with Gasteiger partial charge in [-0.05, 0) is 198 Å². The molecule has 1 unspecified atom stereocenters. The van der Waals surface area contributed by atoms with Crippen LogP contribution in [0.15, 0.2) is 316 Å². The van der Waals surface area contributed by atoms with Crippen molar-refractivity contribution < 1.29 is 4.74 Å². The molecular weight excluding hydrogens is 1090 g/mol. The molecule has 1 aromatic heterocycles. The van der Waals surface area contributed by atoms with Crippen LogP contribution in [-0.2, 0) is 5.41 Å². The van der Waals surface area contributed by atoms with E-state index in [1.54, 1.807) is 0 Å². The number of nitrogens with zero attached hydrogens (tertiary/aromatic N) is 2. The van der Waals surface area contributed by atoms with E-state index in [0.29, 0.717) is 6.61 Å². The van der Waals surface area contributed by atoms with E-state index in [4.69, 9.17) is 4.74 Å². The lowest BCUT2D eigenvalue weighted by atomic mass is 9.69. The molecule has 15 rings (SSSR count). The number of hydrogen-bond acceptors (Lipinski definition) is 2. The highest BCUT2D eigenvalue weighted by atomic mass is 16.5. The lowest BCUT2D eigenvalue weighted by molar-refractivity contribution is 0.304. The van der Waals surface area contributed by atoms with Gasteiger partial charge in [-0.15, -0.1) is 0 Å². The largest absolute Gasteiger partial charge is 0.494 e. The summed E-state index contributed by atoms with van der Waals surface area (Å²) in [6.07, 6.45) is 9.00. The van der Waals surface area contributed by atoms with Crippen LogP contribution in [0.3, 0.4) is 0 Å². The molecule has 0 radical (unpaired) electrons. The van der Waals surface area contributed by atoms with Crippen molar-refractivity contribution in [2.75, 3.05) is 11.5 Å². The van der Waals surface area contributed by atoms with Gasteiger partial charge >= 0.3 is 0 Å². The van der Waals surface area contributed by atoms with Gasteiger partial charge in [0.25, 0.3) is 0 Å². The molecule has 1 heterocycles. The van der Waals surface area contributed by atoms with Crippen LogP contribution < -0.4 is 9.64 Å². The minimum Gasteiger partial charge on any atom is -0.494 e. The summed E-state index contributed by atoms with van der Waals surface area (Å²) >= 11 is 0. The van der Waals surface area contributed by atoms with Crippen molar-refractivity contribution >= 4 is 61.8 Å². The number of para-hydroxylation sites is 1. The summed E-state index contributed by atoms with van der Waals surface area (Å²) in [5.74, 6) is 0.920. The third kappa shape index (κ3) is 10.5. The number of hydrogen-bond donors (Lipinski definition) is 0. The highest BCUT2D eigenvalue weighted by Gasteiger charge is 2.44. The van der Waals surface area contributed by atoms with Gasteiger partial charge in [0.05, 0.1) is 17.6 Å². The smallest absolute Gasteiger partial charge is 0.119 e. The standard InChI is InChI=1S/C87H68N2O/c1-3-61-28-32-65(33-29-61)68-36-37-70-57-78(50-42-69(70)56-68)90-55-19-6-5-18-54-87(73-22-12-8-13-23-73)83-27-17-16-26-79(83)80-51-49-77(60-84(80)87)88(75-45-38-64(39-46-75)63-20-10-7-11-21-63)76-47-40-67(41-48-76)72-44-53-86-82(59-72)81-58-71(66-34-30-62(4-2)31-35-66)43-52-85(81)89(86)74-24-14-9-15-25-74/h3-4,7-17,20-53,56-60H,1-2,5-6,18-19,54-55H2. The molecule has 0 saturated heterocycles. The molecule has 0 aliphatic heterocycles. The molecule has 90 heavy (non-hydrogen) atoms. The van der Waals surface area contributed by atoms with Gasteiger partial charge in [-0.2, -0.15) is 0 Å². The van der Waals surface area contributed by atoms with Gasteiger partial charge in [-0.1, -0.05) is 257 Å². The molecule has 1 aliphatic rings. The predicted octanol–water partition coefficient (Wildman–Crippen LogP) is 23.7. The number of aromatic nitrogens is 1. The van der Waals surface area contributed by atoms with Crippen LogP contribution in [0, 0.1) is 0 Å². The van der Waals surface area contributed by atoms with E-state index in [-0.39, 0.29) is 5.41 Å². The van der Waals surface area contributed by atoms with Gasteiger partial charge in [0.2, 0.25) is 0 Å². The molecule has 3 nitrogen and oxygen atoms in total. The summed E-state index contributed by atoms with van der Waals surface area (Å²) < 4.78 is 8.83. The zero-order chi connectivity index (χ0) is 60.4. The fourth-order valence-electron chi connectivity index (χ4n) is 14.0. The third-order valence-corrected chi connectivity index (χ3v) is 18.6. The fourth-order valence-corrected chi connectivity index (χ4v) is 14.0. The molecule has 3 heteroatoms. The third-order valence-electron chi connectivity index (χ3n) is 18.6. The molecule has 432 valence electrons. The Hall–Kier alpha value is -11.0. The molecule has 0 amide bonds. The Balaban J connectivity index is 0.740. The Morgan fingerprint density at radius 1 is 0.356 bits per heavy atom. The zero-order valence-corrected chi connectivity index (χ0v) is 50.5. The normalized spacial score (nSPS) is 13.3. The second-order valence-electron chi connectivity index (χ2n) is 23.9. The summed E-state index contributed by atoms with van der Waals surface area (Å²) in [5, 5.41) is 4.83. The molecule has 0 N–H and O–H groups in total. The van der Waals surface area contributed by atoms with Crippen molar-refractivity contribution in [1.82, 2.24) is 4.57 Å². The van der Waals surface area contributed by atoms with E-state index >= 15 is 0 Å². The van der Waals surface area contributed by atoms with Crippen LogP contribution in [0.5, 0.6) is 5.75 Å². The van der Waals surface area contributed by atoms with Crippen LogP contribution in [-0.4, -0.2) is 11.2 Å². The number of anilines is 3. The summed E-state index contributed by atoms with van der Waals surface area (Å²) in [6.45, 7) is 8.57. The number of unbranched alkanes of at least 4 members (excludes halogenated alkanes) is 3. The monoisotopic (exact) mass is 1160 g/mol. The molecule has 14 aromatic rings. The lowest BCUT2D eigenvalue weighted by Gasteiger charge is -2.34. The van der Waals surface area contributed by atoms with Crippen molar-refractivity contribution in [2.45, 2.75) is 37.5 Å². The Labute approximate surface area is 528 Å². The Morgan fingerprint density at radius 2 is 0.822 bits per heavy atom. The van der Waals surface area contributed by atoms with Gasteiger partial charge in [-0.3, -0.25) is 0 Å². The van der Waals surface area contributed by atoms with Crippen LogP contribution in [0.2, 0.25) is 0 Å². The highest BCUT2D eigenvalue weighted by Crippen LogP contribution is 2.56. The number of ether oxygens (including phenoxy) is 1. The van der Waals surface area contributed by atoms with Crippen molar-refractivity contribution in [3.8, 4) is 67.1 Å². The van der Waals surface area contributed by atoms with Gasteiger partial charge in [-0.25, -0.2) is 0 Å². The number of rotatable bonds is 19. The Bertz CT molecular complexity index is 4910. The van der Waals surface area contributed by atoms with Gasteiger partial charge in [0, 0.05) is 38.9 Å². The van der Waals surface area contributed by atoms with Crippen molar-refractivity contribution in [3.63, 3.8) is 0 Å². The molecule has 0 saturated carbocycles. The summed E-state index contributed by atoms with van der Waals surface area (Å²) in [4.78, 5) is 2.45. The molecule has 0 fully saturated rings. The van der Waals surface area contributed by atoms with E-state index in [9.17, 15) is 0 Å². The average molecular weight is 1160 g/mol. The lowest BCUT2D eigenvalue weighted by Crippen LogP contribution is -2.27. The fraction of sp³-hybridized carbons (Fsp3) is 0.0805. The Morgan fingerprint density at radius 3 is 1.44 bits per heavy atom. The van der Waals surface area contributed by atoms with Crippen molar-refractivity contribution in [2.24, 2.45) is 0 Å². The van der Waals surface area contributed by atoms with Gasteiger partial charge in [0.1, 0.15) is 5.75 Å². The predicted molar refractivity (Wildman–Crippen MR) is 382 cm³/mol. The van der Waals surface area contributed by atoms with Crippen LogP contribution in [0.1, 0.15) is 59.9 Å². The quantitative estimate of drug-likeness (QED) is 0.0751. The zero-order valence-electron chi connectivity index (χ0n) is 50.5. The highest BCUT2D eigenvalue weighted by molar-refractivity contribution is 6.12. The maximum Gasteiger partial charge on any atom is 0.119 e. The summed E-state index contributed by atoms with van der Waals surface area (Å²) in [7, 11) is 0. The molecular formula is C87H68N2O. The van der Waals surface area contributed by atoms with Gasteiger partial charge in [0.15, 0.2) is 0 Å². The minimum absolute atomic E-state index is 0.356. The van der Waals surface area contributed by atoms with E-state index < -0.39 is 0 Å². The van der Waals surface area contributed by atoms with Crippen molar-refractivity contribution in [1.29, 1.82) is 0 Å². The Kier molecular flexibility index (Phi) is 15.0. The molecule has 0 bridgehead atoms. The van der Waals surface area contributed by atoms with Crippen LogP contribution in [0.4, 0.5) is 17.1 Å². The molecule has 0 spiro atoms. The molecule has 1 atom stereocenters. The van der Waals surface area contributed by atoms with Crippen LogP contribution >= 0.6 is 0 Å². The second kappa shape index (κ2) is 24.3. The van der Waals surface area contributed by atoms with Gasteiger partial charge < -0.3 is 14.2 Å². The number of fused-ring (bicyclic) bond motifs is 7.